The molecule has 0 saturated heterocycles. The lowest BCUT2D eigenvalue weighted by Gasteiger charge is -2.14. The predicted molar refractivity (Wildman–Crippen MR) is 93.9 cm³/mol. The summed E-state index contributed by atoms with van der Waals surface area (Å²) in [4.78, 5) is 10.6. The van der Waals surface area contributed by atoms with Crippen molar-refractivity contribution in [3.63, 3.8) is 0 Å². The number of hydrogen-bond acceptors (Lipinski definition) is 5. The van der Waals surface area contributed by atoms with E-state index in [1.165, 1.54) is 31.3 Å². The molecule has 0 atom stereocenters. The summed E-state index contributed by atoms with van der Waals surface area (Å²) in [5, 5.41) is 3.67. The number of halogens is 1. The van der Waals surface area contributed by atoms with Gasteiger partial charge in [-0.1, -0.05) is 29.3 Å². The summed E-state index contributed by atoms with van der Waals surface area (Å²) < 4.78 is 43.4. The van der Waals surface area contributed by atoms with Crippen molar-refractivity contribution in [1.29, 1.82) is 0 Å². The van der Waals surface area contributed by atoms with Crippen LogP contribution in [0.2, 0.25) is 0 Å². The van der Waals surface area contributed by atoms with Crippen LogP contribution in [0, 0.1) is 18.8 Å². The van der Waals surface area contributed by atoms with Gasteiger partial charge in [-0.2, -0.15) is 8.42 Å². The average Bonchev–Trinajstić information content (AvgIpc) is 2.59. The number of nitroso groups, excluding NO2 is 1. The fourth-order valence-electron chi connectivity index (χ4n) is 2.10. The Kier molecular flexibility index (Phi) is 5.53. The normalized spacial score (nSPS) is 11.9. The van der Waals surface area contributed by atoms with Crippen molar-refractivity contribution < 1.29 is 17.0 Å². The molecule has 132 valence electrons. The van der Waals surface area contributed by atoms with E-state index in [4.69, 9.17) is 0 Å². The Hall–Kier alpha value is -2.74. The second kappa shape index (κ2) is 7.43. The molecule has 0 aliphatic rings. The molecule has 0 spiro atoms. The fourth-order valence-corrected chi connectivity index (χ4v) is 2.89. The largest absolute Gasteiger partial charge is 0.384 e. The van der Waals surface area contributed by atoms with Crippen molar-refractivity contribution >= 4 is 21.6 Å². The third kappa shape index (κ3) is 4.42. The van der Waals surface area contributed by atoms with Crippen molar-refractivity contribution in [2.45, 2.75) is 18.7 Å². The zero-order chi connectivity index (χ0) is 18.6. The molecule has 0 fully saturated rings. The molecule has 0 aliphatic heterocycles. The van der Waals surface area contributed by atoms with Crippen LogP contribution in [0.4, 0.5) is 10.1 Å². The molecule has 6 nitrogen and oxygen atoms in total. The highest BCUT2D eigenvalue weighted by Gasteiger charge is 2.17. The Bertz CT molecular complexity index is 909. The van der Waals surface area contributed by atoms with Crippen LogP contribution in [0.1, 0.15) is 16.7 Å². The molecule has 25 heavy (non-hydrogen) atoms. The molecule has 0 saturated carbocycles. The molecule has 0 aliphatic carbocycles. The van der Waals surface area contributed by atoms with Gasteiger partial charge in [0.25, 0.3) is 0 Å². The van der Waals surface area contributed by atoms with Gasteiger partial charge in [0.05, 0.1) is 11.0 Å². The third-order valence-corrected chi connectivity index (χ3v) is 4.67. The van der Waals surface area contributed by atoms with Gasteiger partial charge in [0.1, 0.15) is 11.2 Å². The Balaban J connectivity index is 2.34. The Morgan fingerprint density at radius 2 is 1.72 bits per heavy atom. The van der Waals surface area contributed by atoms with Crippen molar-refractivity contribution in [3.8, 4) is 0 Å². The lowest BCUT2D eigenvalue weighted by molar-refractivity contribution is 0.439. The molecule has 0 amide bonds. The molecule has 0 aromatic heterocycles. The van der Waals surface area contributed by atoms with E-state index in [0.29, 0.717) is 6.26 Å². The number of aryl methyl sites for hydroxylation is 2. The monoisotopic (exact) mass is 364 g/mol. The van der Waals surface area contributed by atoms with Crippen LogP contribution in [0.25, 0.3) is 5.83 Å². The van der Waals surface area contributed by atoms with Gasteiger partial charge in [-0.05, 0) is 38.1 Å². The van der Waals surface area contributed by atoms with Crippen LogP contribution in [-0.2, 0) is 14.3 Å². The smallest absolute Gasteiger partial charge is 0.338 e. The van der Waals surface area contributed by atoms with Gasteiger partial charge < -0.3 is 4.18 Å². The van der Waals surface area contributed by atoms with E-state index < -0.39 is 15.9 Å². The number of rotatable bonds is 6. The quantitative estimate of drug-likeness (QED) is 0.334. The highest BCUT2D eigenvalue weighted by atomic mass is 32.2. The van der Waals surface area contributed by atoms with Gasteiger partial charge in [-0.3, -0.25) is 0 Å². The van der Waals surface area contributed by atoms with Crippen molar-refractivity contribution in [2.75, 3.05) is 12.1 Å². The van der Waals surface area contributed by atoms with Gasteiger partial charge in [-0.15, -0.1) is 4.91 Å². The fraction of sp³-hybridized carbons (Fsp3) is 0.176. The summed E-state index contributed by atoms with van der Waals surface area (Å²) >= 11 is 0. The van der Waals surface area contributed by atoms with Crippen LogP contribution in [0.15, 0.2) is 58.9 Å². The number of hydrogen-bond donors (Lipinski definition) is 0. The highest BCUT2D eigenvalue weighted by Crippen LogP contribution is 2.29. The minimum atomic E-state index is -4.14. The lowest BCUT2D eigenvalue weighted by Crippen LogP contribution is -2.09. The number of nitrogens with zero attached hydrogens (tertiary/aromatic N) is 2. The first-order valence-corrected chi connectivity index (χ1v) is 8.69. The zero-order valence-corrected chi connectivity index (χ0v) is 14.7. The Morgan fingerprint density at radius 1 is 1.12 bits per heavy atom. The maximum atomic E-state index is 14.5. The van der Waals surface area contributed by atoms with Crippen LogP contribution < -0.4 is 5.01 Å². The SMILES string of the molecule is Cc1ccc(S(=O)(=O)O/C=C(\F)c2cc(C)ccc2N(C)N=O)cc1. The summed E-state index contributed by atoms with van der Waals surface area (Å²) in [5.74, 6) is -0.940. The van der Waals surface area contributed by atoms with Gasteiger partial charge in [0.2, 0.25) is 0 Å². The Morgan fingerprint density at radius 3 is 2.32 bits per heavy atom. The molecular weight excluding hydrogens is 347 g/mol. The molecule has 0 bridgehead atoms. The molecule has 0 unspecified atom stereocenters. The van der Waals surface area contributed by atoms with Gasteiger partial charge >= 0.3 is 10.1 Å². The van der Waals surface area contributed by atoms with E-state index in [1.54, 1.807) is 25.1 Å². The van der Waals surface area contributed by atoms with E-state index >= 15 is 0 Å². The third-order valence-electron chi connectivity index (χ3n) is 3.47. The van der Waals surface area contributed by atoms with Crippen LogP contribution in [0.3, 0.4) is 0 Å². The summed E-state index contributed by atoms with van der Waals surface area (Å²) in [6.07, 6.45) is 0.506. The molecule has 2 aromatic rings. The number of anilines is 1. The zero-order valence-electron chi connectivity index (χ0n) is 13.9. The first-order valence-electron chi connectivity index (χ1n) is 7.28. The summed E-state index contributed by atoms with van der Waals surface area (Å²) in [5.41, 5.74) is 1.80. The second-order valence-corrected chi connectivity index (χ2v) is 7.03. The van der Waals surface area contributed by atoms with Gasteiger partial charge in [-0.25, -0.2) is 9.40 Å². The van der Waals surface area contributed by atoms with Crippen molar-refractivity contribution in [3.05, 3.63) is 70.3 Å². The second-order valence-electron chi connectivity index (χ2n) is 5.46. The average molecular weight is 364 g/mol. The minimum Gasteiger partial charge on any atom is -0.384 e. The molecule has 8 heteroatoms. The molecule has 0 radical (unpaired) electrons. The summed E-state index contributed by atoms with van der Waals surface area (Å²) in [6.45, 7) is 3.55. The van der Waals surface area contributed by atoms with E-state index in [-0.39, 0.29) is 16.1 Å². The van der Waals surface area contributed by atoms with Gasteiger partial charge in [0.15, 0.2) is 5.83 Å². The molecule has 0 N–H and O–H groups in total. The summed E-state index contributed by atoms with van der Waals surface area (Å²) in [7, 11) is -2.78. The standard InChI is InChI=1S/C17H17FN2O4S/c1-12-4-7-14(8-5-12)25(22,23)24-11-16(18)15-10-13(2)6-9-17(15)20(3)19-21/h4-11H,1-3H3/b16-11-. The maximum Gasteiger partial charge on any atom is 0.338 e. The molecule has 2 aromatic carbocycles. The van der Waals surface area contributed by atoms with Crippen LogP contribution in [0.5, 0.6) is 0 Å². The van der Waals surface area contributed by atoms with Crippen molar-refractivity contribution in [2.24, 2.45) is 5.29 Å². The first kappa shape index (κ1) is 18.6. The maximum absolute atomic E-state index is 14.5. The van der Waals surface area contributed by atoms with E-state index in [1.807, 2.05) is 6.92 Å². The Labute approximate surface area is 145 Å². The topological polar surface area (TPSA) is 76.0 Å². The molecule has 0 heterocycles. The lowest BCUT2D eigenvalue weighted by atomic mass is 10.1. The highest BCUT2D eigenvalue weighted by molar-refractivity contribution is 7.86. The molecular formula is C17H17FN2O4S. The van der Waals surface area contributed by atoms with Gasteiger partial charge in [0, 0.05) is 12.6 Å². The van der Waals surface area contributed by atoms with Crippen LogP contribution in [-0.4, -0.2) is 15.5 Å². The minimum absolute atomic E-state index is 0.00112. The number of benzene rings is 2. The van der Waals surface area contributed by atoms with Crippen molar-refractivity contribution in [1.82, 2.24) is 0 Å². The van der Waals surface area contributed by atoms with E-state index in [0.717, 1.165) is 16.1 Å². The van der Waals surface area contributed by atoms with E-state index in [2.05, 4.69) is 9.47 Å². The van der Waals surface area contributed by atoms with E-state index in [9.17, 15) is 17.7 Å². The predicted octanol–water partition coefficient (Wildman–Crippen LogP) is 4.09. The first-order chi connectivity index (χ1) is 11.7. The molecule has 2 rings (SSSR count). The van der Waals surface area contributed by atoms with Crippen LogP contribution >= 0.6 is 0 Å². The summed E-state index contributed by atoms with van der Waals surface area (Å²) in [6, 6.07) is 10.6.